The lowest BCUT2D eigenvalue weighted by Crippen LogP contribution is -2.33. The number of hydrogen-bond donors (Lipinski definition) is 0. The fourth-order valence-corrected chi connectivity index (χ4v) is 4.88. The van der Waals surface area contributed by atoms with Gasteiger partial charge in [-0.25, -0.2) is 0 Å². The molecule has 0 spiro atoms. The predicted octanol–water partition coefficient (Wildman–Crippen LogP) is 5.37. The zero-order valence-electron chi connectivity index (χ0n) is 17.8. The van der Waals surface area contributed by atoms with Crippen molar-refractivity contribution in [2.24, 2.45) is 0 Å². The Morgan fingerprint density at radius 3 is 2.50 bits per heavy atom. The first-order chi connectivity index (χ1) is 14.6. The van der Waals surface area contributed by atoms with E-state index in [1.165, 1.54) is 24.6 Å². The van der Waals surface area contributed by atoms with Crippen LogP contribution in [0.3, 0.4) is 0 Å². The van der Waals surface area contributed by atoms with Crippen molar-refractivity contribution in [1.82, 2.24) is 19.7 Å². The number of halogens is 1. The topological polar surface area (TPSA) is 60.2 Å². The summed E-state index contributed by atoms with van der Waals surface area (Å²) in [6, 6.07) is 7.68. The van der Waals surface area contributed by atoms with Crippen molar-refractivity contribution >= 4 is 29.3 Å². The Labute approximate surface area is 188 Å². The van der Waals surface area contributed by atoms with E-state index in [1.807, 2.05) is 23.1 Å². The Hall–Kier alpha value is -1.73. The van der Waals surface area contributed by atoms with Crippen LogP contribution in [0.4, 0.5) is 0 Å². The maximum absolute atomic E-state index is 12.7. The molecule has 0 bridgehead atoms. The molecule has 0 radical (unpaired) electrons. The molecule has 164 valence electrons. The van der Waals surface area contributed by atoms with Gasteiger partial charge in [-0.15, -0.1) is 10.2 Å². The van der Waals surface area contributed by atoms with Crippen LogP contribution in [0.1, 0.15) is 64.2 Å². The largest absolute Gasteiger partial charge is 0.484 e. The van der Waals surface area contributed by atoms with Gasteiger partial charge in [0.2, 0.25) is 5.91 Å². The summed E-state index contributed by atoms with van der Waals surface area (Å²) in [4.78, 5) is 14.7. The van der Waals surface area contributed by atoms with E-state index in [-0.39, 0.29) is 18.6 Å². The number of ether oxygens (including phenoxy) is 1. The third-order valence-corrected chi connectivity index (χ3v) is 6.76. The highest BCUT2D eigenvalue weighted by Crippen LogP contribution is 2.28. The average Bonchev–Trinajstić information content (AvgIpc) is 2.96. The van der Waals surface area contributed by atoms with Crippen LogP contribution in [-0.2, 0) is 11.4 Å². The monoisotopic (exact) mass is 450 g/mol. The predicted molar refractivity (Wildman–Crippen MR) is 121 cm³/mol. The number of likely N-dealkylation sites (tertiary alicyclic amines) is 1. The van der Waals surface area contributed by atoms with E-state index in [1.54, 1.807) is 6.07 Å². The molecule has 30 heavy (non-hydrogen) atoms. The summed E-state index contributed by atoms with van der Waals surface area (Å²) < 4.78 is 8.05. The molecule has 0 unspecified atom stereocenters. The first kappa shape index (κ1) is 22.9. The molecule has 1 aliphatic heterocycles. The van der Waals surface area contributed by atoms with Crippen molar-refractivity contribution in [2.75, 3.05) is 18.8 Å². The Morgan fingerprint density at radius 1 is 1.13 bits per heavy atom. The molecule has 1 aliphatic rings. The molecule has 1 aromatic heterocycles. The van der Waals surface area contributed by atoms with Gasteiger partial charge >= 0.3 is 0 Å². The third-order valence-electron chi connectivity index (χ3n) is 5.52. The van der Waals surface area contributed by atoms with Crippen molar-refractivity contribution < 1.29 is 9.53 Å². The van der Waals surface area contributed by atoms with E-state index in [2.05, 4.69) is 28.6 Å². The lowest BCUT2D eigenvalue weighted by atomic mass is 10.2. The van der Waals surface area contributed by atoms with Gasteiger partial charge in [-0.1, -0.05) is 62.2 Å². The molecule has 1 aromatic carbocycles. The number of para-hydroxylation sites is 1. The second-order valence-electron chi connectivity index (χ2n) is 7.54. The summed E-state index contributed by atoms with van der Waals surface area (Å²) in [5.41, 5.74) is 0. The summed E-state index contributed by atoms with van der Waals surface area (Å²) in [5, 5.41) is 10.1. The second-order valence-corrected chi connectivity index (χ2v) is 8.89. The Balaban J connectivity index is 1.70. The number of hydrogen-bond acceptors (Lipinski definition) is 5. The summed E-state index contributed by atoms with van der Waals surface area (Å²) in [6.45, 7) is 6.34. The third kappa shape index (κ3) is 5.91. The SMILES string of the molecule is CCC(CC)n1c(COc2ccccc2Cl)nnc1SCC(=O)N1CCCCCC1. The minimum Gasteiger partial charge on any atom is -0.484 e. The summed E-state index contributed by atoms with van der Waals surface area (Å²) in [6.07, 6.45) is 6.56. The van der Waals surface area contributed by atoms with Gasteiger partial charge in [-0.3, -0.25) is 4.79 Å². The minimum atomic E-state index is 0.190. The van der Waals surface area contributed by atoms with Crippen LogP contribution in [-0.4, -0.2) is 44.4 Å². The number of nitrogens with zero attached hydrogens (tertiary/aromatic N) is 4. The Morgan fingerprint density at radius 2 is 1.83 bits per heavy atom. The highest BCUT2D eigenvalue weighted by atomic mass is 35.5. The molecule has 6 nitrogen and oxygen atoms in total. The number of carbonyl (C=O) groups excluding carboxylic acids is 1. The molecule has 0 atom stereocenters. The number of rotatable bonds is 9. The molecule has 0 N–H and O–H groups in total. The lowest BCUT2D eigenvalue weighted by molar-refractivity contribution is -0.128. The van der Waals surface area contributed by atoms with Gasteiger partial charge in [0.05, 0.1) is 10.8 Å². The van der Waals surface area contributed by atoms with Crippen molar-refractivity contribution in [3.63, 3.8) is 0 Å². The maximum Gasteiger partial charge on any atom is 0.233 e. The first-order valence-corrected chi connectivity index (χ1v) is 12.2. The van der Waals surface area contributed by atoms with E-state index in [0.29, 0.717) is 16.5 Å². The Bertz CT molecular complexity index is 817. The first-order valence-electron chi connectivity index (χ1n) is 10.9. The van der Waals surface area contributed by atoms with Crippen LogP contribution in [0.5, 0.6) is 5.75 Å². The molecule has 1 fully saturated rings. The van der Waals surface area contributed by atoms with Gasteiger partial charge in [0.15, 0.2) is 11.0 Å². The van der Waals surface area contributed by atoms with E-state index in [0.717, 1.165) is 49.8 Å². The molecule has 1 amide bonds. The van der Waals surface area contributed by atoms with E-state index >= 15 is 0 Å². The molecular formula is C22H31ClN4O2S. The van der Waals surface area contributed by atoms with Crippen LogP contribution in [0, 0.1) is 0 Å². The number of carbonyl (C=O) groups is 1. The summed E-state index contributed by atoms with van der Waals surface area (Å²) >= 11 is 7.69. The second kappa shape index (κ2) is 11.6. The molecule has 0 saturated carbocycles. The zero-order valence-corrected chi connectivity index (χ0v) is 19.4. The minimum absolute atomic E-state index is 0.190. The standard InChI is InChI=1S/C22H31ClN4O2S/c1-3-17(4-2)27-20(15-29-19-12-8-7-11-18(19)23)24-25-22(27)30-16-21(28)26-13-9-5-6-10-14-26/h7-8,11-12,17H,3-6,9-10,13-16H2,1-2H3. The van der Waals surface area contributed by atoms with Crippen molar-refractivity contribution in [1.29, 1.82) is 0 Å². The van der Waals surface area contributed by atoms with Gasteiger partial charge in [-0.2, -0.15) is 0 Å². The van der Waals surface area contributed by atoms with Gasteiger partial charge in [-0.05, 0) is 37.8 Å². The van der Waals surface area contributed by atoms with Gasteiger partial charge < -0.3 is 14.2 Å². The molecule has 2 heterocycles. The molecule has 3 rings (SSSR count). The number of amides is 1. The fourth-order valence-electron chi connectivity index (χ4n) is 3.77. The quantitative estimate of drug-likeness (QED) is 0.481. The average molecular weight is 451 g/mol. The maximum atomic E-state index is 12.7. The smallest absolute Gasteiger partial charge is 0.233 e. The van der Waals surface area contributed by atoms with E-state index in [4.69, 9.17) is 16.3 Å². The van der Waals surface area contributed by atoms with Crippen molar-refractivity contribution in [3.8, 4) is 5.75 Å². The molecule has 2 aromatic rings. The van der Waals surface area contributed by atoms with Crippen LogP contribution < -0.4 is 4.74 Å². The van der Waals surface area contributed by atoms with Gasteiger partial charge in [0.1, 0.15) is 12.4 Å². The number of aromatic nitrogens is 3. The van der Waals surface area contributed by atoms with Crippen LogP contribution in [0.2, 0.25) is 5.02 Å². The molecule has 0 aliphatic carbocycles. The van der Waals surface area contributed by atoms with E-state index in [9.17, 15) is 4.79 Å². The van der Waals surface area contributed by atoms with Crippen LogP contribution in [0.15, 0.2) is 29.4 Å². The van der Waals surface area contributed by atoms with Crippen molar-refractivity contribution in [2.45, 2.75) is 70.2 Å². The van der Waals surface area contributed by atoms with Crippen LogP contribution in [0.25, 0.3) is 0 Å². The lowest BCUT2D eigenvalue weighted by Gasteiger charge is -2.21. The normalized spacial score (nSPS) is 14.7. The zero-order chi connectivity index (χ0) is 21.3. The highest BCUT2D eigenvalue weighted by Gasteiger charge is 2.22. The summed E-state index contributed by atoms with van der Waals surface area (Å²) in [7, 11) is 0. The fraction of sp³-hybridized carbons (Fsp3) is 0.591. The summed E-state index contributed by atoms with van der Waals surface area (Å²) in [5.74, 6) is 1.97. The molecule has 8 heteroatoms. The van der Waals surface area contributed by atoms with Gasteiger partial charge in [0.25, 0.3) is 0 Å². The number of benzene rings is 1. The molecular weight excluding hydrogens is 420 g/mol. The van der Waals surface area contributed by atoms with E-state index < -0.39 is 0 Å². The Kier molecular flexibility index (Phi) is 8.88. The highest BCUT2D eigenvalue weighted by molar-refractivity contribution is 7.99. The molecule has 1 saturated heterocycles. The van der Waals surface area contributed by atoms with Gasteiger partial charge in [0, 0.05) is 19.1 Å². The van der Waals surface area contributed by atoms with Crippen LogP contribution >= 0.6 is 23.4 Å². The van der Waals surface area contributed by atoms with Crippen molar-refractivity contribution in [3.05, 3.63) is 35.1 Å². The number of thioether (sulfide) groups is 1.